The van der Waals surface area contributed by atoms with Crippen LogP contribution in [0.3, 0.4) is 0 Å². The first-order valence-electron chi connectivity index (χ1n) is 9.40. The molecule has 1 unspecified atom stereocenters. The molecule has 11 heteroatoms. The van der Waals surface area contributed by atoms with Gasteiger partial charge in [0, 0.05) is 34.8 Å². The van der Waals surface area contributed by atoms with Crippen molar-refractivity contribution in [1.29, 1.82) is 0 Å². The van der Waals surface area contributed by atoms with Gasteiger partial charge in [0.05, 0.1) is 10.2 Å². The van der Waals surface area contributed by atoms with Crippen LogP contribution in [0.15, 0.2) is 58.1 Å². The van der Waals surface area contributed by atoms with Crippen LogP contribution >= 0.6 is 23.4 Å². The first-order chi connectivity index (χ1) is 15.0. The molecule has 0 spiro atoms. The first-order valence-corrected chi connectivity index (χ1v) is 10.7. The van der Waals surface area contributed by atoms with E-state index in [0.717, 1.165) is 16.5 Å². The fraction of sp³-hybridized carbons (Fsp3) is 0.200. The summed E-state index contributed by atoms with van der Waals surface area (Å²) in [5, 5.41) is 28.9. The molecule has 158 valence electrons. The Hall–Kier alpha value is -3.24. The van der Waals surface area contributed by atoms with Gasteiger partial charge in [-0.25, -0.2) is 0 Å². The standard InChI is InChI=1S/C20H17ClN6O3S/c1-3-26-17(13-4-8-15(21)9-5-13)22-25-20(26)31-12(2)18-23-24-19(30-18)14-6-10-16(11-7-14)27(28)29/h4-12H,3H2,1-2H3. The molecule has 2 aromatic carbocycles. The van der Waals surface area contributed by atoms with Crippen LogP contribution in [0.4, 0.5) is 5.69 Å². The second-order valence-corrected chi connectivity index (χ2v) is 8.31. The molecule has 0 saturated carbocycles. The lowest BCUT2D eigenvalue weighted by molar-refractivity contribution is -0.384. The lowest BCUT2D eigenvalue weighted by atomic mass is 10.2. The van der Waals surface area contributed by atoms with Crippen LogP contribution in [0.1, 0.15) is 25.0 Å². The highest BCUT2D eigenvalue weighted by atomic mass is 35.5. The topological polar surface area (TPSA) is 113 Å². The normalized spacial score (nSPS) is 12.1. The van der Waals surface area contributed by atoms with E-state index in [-0.39, 0.29) is 10.9 Å². The van der Waals surface area contributed by atoms with Crippen molar-refractivity contribution in [1.82, 2.24) is 25.0 Å². The van der Waals surface area contributed by atoms with Gasteiger partial charge in [-0.2, -0.15) is 0 Å². The summed E-state index contributed by atoms with van der Waals surface area (Å²) < 4.78 is 7.81. The van der Waals surface area contributed by atoms with Gasteiger partial charge in [0.25, 0.3) is 5.69 Å². The Labute approximate surface area is 186 Å². The quantitative estimate of drug-likeness (QED) is 0.205. The van der Waals surface area contributed by atoms with Crippen molar-refractivity contribution < 1.29 is 9.34 Å². The van der Waals surface area contributed by atoms with Crippen molar-refractivity contribution in [3.05, 3.63) is 69.6 Å². The number of benzene rings is 2. The number of nitrogens with zero attached hydrogens (tertiary/aromatic N) is 6. The second kappa shape index (κ2) is 8.86. The van der Waals surface area contributed by atoms with Crippen molar-refractivity contribution in [2.45, 2.75) is 30.8 Å². The average molecular weight is 457 g/mol. The van der Waals surface area contributed by atoms with E-state index in [1.807, 2.05) is 42.7 Å². The second-order valence-electron chi connectivity index (χ2n) is 6.57. The van der Waals surface area contributed by atoms with Crippen molar-refractivity contribution >= 4 is 29.1 Å². The van der Waals surface area contributed by atoms with Gasteiger partial charge in [0.1, 0.15) is 0 Å². The van der Waals surface area contributed by atoms with E-state index in [2.05, 4.69) is 20.4 Å². The summed E-state index contributed by atoms with van der Waals surface area (Å²) in [7, 11) is 0. The van der Waals surface area contributed by atoms with Gasteiger partial charge < -0.3 is 8.98 Å². The van der Waals surface area contributed by atoms with Crippen molar-refractivity contribution in [3.63, 3.8) is 0 Å². The number of thioether (sulfide) groups is 1. The molecule has 0 aliphatic rings. The predicted octanol–water partition coefficient (Wildman–Crippen LogP) is 5.43. The Bertz CT molecular complexity index is 1210. The minimum atomic E-state index is -0.454. The molecule has 0 amide bonds. The molecule has 31 heavy (non-hydrogen) atoms. The summed E-state index contributed by atoms with van der Waals surface area (Å²) in [4.78, 5) is 10.4. The maximum Gasteiger partial charge on any atom is 0.269 e. The van der Waals surface area contributed by atoms with Crippen molar-refractivity contribution in [3.8, 4) is 22.8 Å². The maximum atomic E-state index is 10.8. The minimum Gasteiger partial charge on any atom is -0.419 e. The number of rotatable bonds is 7. The zero-order chi connectivity index (χ0) is 22.0. The molecule has 4 aromatic rings. The fourth-order valence-corrected chi connectivity index (χ4v) is 3.99. The number of nitro groups is 1. The molecular weight excluding hydrogens is 440 g/mol. The molecule has 2 aromatic heterocycles. The summed E-state index contributed by atoms with van der Waals surface area (Å²) >= 11 is 7.44. The summed E-state index contributed by atoms with van der Waals surface area (Å²) in [6.07, 6.45) is 0. The summed E-state index contributed by atoms with van der Waals surface area (Å²) in [6, 6.07) is 13.4. The van der Waals surface area contributed by atoms with Gasteiger partial charge in [0.2, 0.25) is 11.8 Å². The smallest absolute Gasteiger partial charge is 0.269 e. The largest absolute Gasteiger partial charge is 0.419 e. The third-order valence-corrected chi connectivity index (χ3v) is 5.85. The number of nitro benzene ring substituents is 1. The Morgan fingerprint density at radius 2 is 1.74 bits per heavy atom. The van der Waals surface area contributed by atoms with Crippen LogP contribution in [0, 0.1) is 10.1 Å². The van der Waals surface area contributed by atoms with E-state index in [0.29, 0.717) is 28.9 Å². The molecule has 9 nitrogen and oxygen atoms in total. The number of hydrogen-bond donors (Lipinski definition) is 0. The summed E-state index contributed by atoms with van der Waals surface area (Å²) in [6.45, 7) is 4.66. The van der Waals surface area contributed by atoms with E-state index < -0.39 is 4.92 Å². The third kappa shape index (κ3) is 4.44. The van der Waals surface area contributed by atoms with Gasteiger partial charge >= 0.3 is 0 Å². The van der Waals surface area contributed by atoms with E-state index >= 15 is 0 Å². The first kappa shape index (κ1) is 21.0. The lowest BCUT2D eigenvalue weighted by Crippen LogP contribution is -2.01. The molecule has 0 aliphatic heterocycles. The average Bonchev–Trinajstić information content (AvgIpc) is 3.42. The predicted molar refractivity (Wildman–Crippen MR) is 117 cm³/mol. The van der Waals surface area contributed by atoms with Crippen molar-refractivity contribution in [2.75, 3.05) is 0 Å². The van der Waals surface area contributed by atoms with Gasteiger partial charge in [0.15, 0.2) is 11.0 Å². The molecule has 0 N–H and O–H groups in total. The number of aromatic nitrogens is 5. The zero-order valence-electron chi connectivity index (χ0n) is 16.6. The Kier molecular flexibility index (Phi) is 6.01. The van der Waals surface area contributed by atoms with E-state index in [1.54, 1.807) is 12.1 Å². The highest BCUT2D eigenvalue weighted by molar-refractivity contribution is 7.99. The van der Waals surface area contributed by atoms with Gasteiger partial charge in [-0.05, 0) is 50.2 Å². The van der Waals surface area contributed by atoms with Crippen LogP contribution in [-0.2, 0) is 6.54 Å². The molecule has 0 saturated heterocycles. The van der Waals surface area contributed by atoms with Crippen LogP contribution < -0.4 is 0 Å². The molecule has 2 heterocycles. The van der Waals surface area contributed by atoms with Crippen LogP contribution in [0.2, 0.25) is 5.02 Å². The van der Waals surface area contributed by atoms with Gasteiger partial charge in [-0.3, -0.25) is 10.1 Å². The monoisotopic (exact) mass is 456 g/mol. The van der Waals surface area contributed by atoms with E-state index in [1.165, 1.54) is 23.9 Å². The Morgan fingerprint density at radius 3 is 2.39 bits per heavy atom. The lowest BCUT2D eigenvalue weighted by Gasteiger charge is -2.09. The van der Waals surface area contributed by atoms with Crippen LogP contribution in [-0.4, -0.2) is 29.9 Å². The van der Waals surface area contributed by atoms with Gasteiger partial charge in [-0.15, -0.1) is 20.4 Å². The summed E-state index contributed by atoms with van der Waals surface area (Å²) in [5.74, 6) is 1.49. The molecule has 4 rings (SSSR count). The maximum absolute atomic E-state index is 10.8. The number of non-ortho nitro benzene ring substituents is 1. The minimum absolute atomic E-state index is 0.00260. The zero-order valence-corrected chi connectivity index (χ0v) is 18.2. The molecule has 0 bridgehead atoms. The van der Waals surface area contributed by atoms with Crippen molar-refractivity contribution in [2.24, 2.45) is 0 Å². The fourth-order valence-electron chi connectivity index (χ4n) is 2.92. The molecule has 0 radical (unpaired) electrons. The highest BCUT2D eigenvalue weighted by Gasteiger charge is 2.21. The highest BCUT2D eigenvalue weighted by Crippen LogP contribution is 2.36. The molecule has 1 atom stereocenters. The van der Waals surface area contributed by atoms with E-state index in [4.69, 9.17) is 16.0 Å². The number of hydrogen-bond acceptors (Lipinski definition) is 8. The van der Waals surface area contributed by atoms with E-state index in [9.17, 15) is 10.1 Å². The Balaban J connectivity index is 1.53. The molecule has 0 fully saturated rings. The third-order valence-electron chi connectivity index (χ3n) is 4.53. The number of halogens is 1. The summed E-state index contributed by atoms with van der Waals surface area (Å²) in [5.41, 5.74) is 1.54. The Morgan fingerprint density at radius 1 is 1.06 bits per heavy atom. The molecular formula is C20H17ClN6O3S. The van der Waals surface area contributed by atoms with Crippen LogP contribution in [0.5, 0.6) is 0 Å². The SMILES string of the molecule is CCn1c(SC(C)c2nnc(-c3ccc([N+](=O)[O-])cc3)o2)nnc1-c1ccc(Cl)cc1. The van der Waals surface area contributed by atoms with Gasteiger partial charge in [-0.1, -0.05) is 23.4 Å². The van der Waals surface area contributed by atoms with Crippen LogP contribution in [0.25, 0.3) is 22.8 Å². The molecule has 0 aliphatic carbocycles.